The smallest absolute Gasteiger partial charge is 0.194 e. The molecule has 0 saturated carbocycles. The highest BCUT2D eigenvalue weighted by atomic mass is 16.7. The first-order valence-corrected chi connectivity index (χ1v) is 6.86. The maximum absolute atomic E-state index is 5.74. The van der Waals surface area contributed by atoms with E-state index in [1.54, 1.807) is 0 Å². The molecular formula is C16H19N5O2. The van der Waals surface area contributed by atoms with Crippen LogP contribution in [0.25, 0.3) is 10.8 Å². The lowest BCUT2D eigenvalue weighted by Gasteiger charge is -2.10. The molecule has 0 radical (unpaired) electrons. The number of nitrogens with zero attached hydrogens (tertiary/aromatic N) is 2. The van der Waals surface area contributed by atoms with Gasteiger partial charge in [-0.05, 0) is 23.3 Å². The van der Waals surface area contributed by atoms with Gasteiger partial charge in [-0.15, -0.1) is 5.90 Å². The maximum Gasteiger partial charge on any atom is 0.194 e. The lowest BCUT2D eigenvalue weighted by molar-refractivity contribution is 0.130. The summed E-state index contributed by atoms with van der Waals surface area (Å²) in [6.07, 6.45) is 0. The van der Waals surface area contributed by atoms with Crippen LogP contribution in [0, 0.1) is 6.92 Å². The number of nitrogens with two attached hydrogens (primary N) is 3. The summed E-state index contributed by atoms with van der Waals surface area (Å²) in [6, 6.07) is 12.1. The second-order valence-electron chi connectivity index (χ2n) is 4.90. The van der Waals surface area contributed by atoms with Crippen LogP contribution in [-0.4, -0.2) is 11.5 Å². The third kappa shape index (κ3) is 3.78. The van der Waals surface area contributed by atoms with Gasteiger partial charge in [-0.3, -0.25) is 0 Å². The highest BCUT2D eigenvalue weighted by Gasteiger charge is 2.10. The molecule has 2 aromatic carbocycles. The third-order valence-corrected chi connectivity index (χ3v) is 3.34. The fraction of sp³-hybridized carbons (Fsp3) is 0.125. The van der Waals surface area contributed by atoms with Gasteiger partial charge in [0.05, 0.1) is 5.70 Å². The van der Waals surface area contributed by atoms with Crippen molar-refractivity contribution in [2.75, 3.05) is 0 Å². The molecule has 0 unspecified atom stereocenters. The summed E-state index contributed by atoms with van der Waals surface area (Å²) in [5, 5.41) is 9.47. The summed E-state index contributed by atoms with van der Waals surface area (Å²) in [7, 11) is 0. The molecule has 7 nitrogen and oxygen atoms in total. The Kier molecular flexibility index (Phi) is 5.16. The van der Waals surface area contributed by atoms with Gasteiger partial charge >= 0.3 is 0 Å². The topological polar surface area (TPSA) is 121 Å². The van der Waals surface area contributed by atoms with Crippen LogP contribution in [0.5, 0.6) is 0 Å². The molecule has 2 rings (SSSR count). The molecule has 6 N–H and O–H groups in total. The average Bonchev–Trinajstić information content (AvgIpc) is 2.54. The van der Waals surface area contributed by atoms with Crippen LogP contribution in [0.3, 0.4) is 0 Å². The van der Waals surface area contributed by atoms with Crippen molar-refractivity contribution in [1.82, 2.24) is 0 Å². The van der Waals surface area contributed by atoms with Gasteiger partial charge in [-0.1, -0.05) is 53.3 Å². The minimum atomic E-state index is -0.0687. The lowest BCUT2D eigenvalue weighted by Crippen LogP contribution is -2.29. The fourth-order valence-corrected chi connectivity index (χ4v) is 2.17. The molecule has 0 atom stereocenters. The fourth-order valence-electron chi connectivity index (χ4n) is 2.17. The Morgan fingerprint density at radius 2 is 1.87 bits per heavy atom. The van der Waals surface area contributed by atoms with E-state index in [1.807, 2.05) is 37.3 Å². The zero-order chi connectivity index (χ0) is 16.8. The second kappa shape index (κ2) is 7.28. The van der Waals surface area contributed by atoms with Crippen molar-refractivity contribution in [3.05, 3.63) is 59.8 Å². The monoisotopic (exact) mass is 313 g/mol. The summed E-state index contributed by atoms with van der Waals surface area (Å²) in [6.45, 7) is 5.77. The molecule has 0 heterocycles. The number of oxime groups is 2. The molecule has 0 spiro atoms. The minimum Gasteiger partial charge on any atom is -0.397 e. The van der Waals surface area contributed by atoms with Gasteiger partial charge in [-0.25, -0.2) is 0 Å². The van der Waals surface area contributed by atoms with Crippen LogP contribution in [0.2, 0.25) is 0 Å². The molecule has 2 aromatic rings. The van der Waals surface area contributed by atoms with Gasteiger partial charge in [0.25, 0.3) is 0 Å². The number of amidine groups is 1. The van der Waals surface area contributed by atoms with Gasteiger partial charge in [-0.2, -0.15) is 0 Å². The molecule has 0 aliphatic rings. The zero-order valence-electron chi connectivity index (χ0n) is 12.8. The standard InChI is InChI=1S/C16H19N5O2/c1-10-7-8-12-5-3-4-6-13(12)14(10)9-22-21-16(18)15(11(2)17)20-23-19/h3-8H,2,9,17,19H2,1H3,(H2,18,21)/b20-15+. The number of benzene rings is 2. The largest absolute Gasteiger partial charge is 0.397 e. The molecule has 0 saturated heterocycles. The van der Waals surface area contributed by atoms with Crippen LogP contribution in [-0.2, 0) is 16.4 Å². The van der Waals surface area contributed by atoms with Crippen molar-refractivity contribution in [3.63, 3.8) is 0 Å². The van der Waals surface area contributed by atoms with Gasteiger partial charge in [0, 0.05) is 5.56 Å². The summed E-state index contributed by atoms with van der Waals surface area (Å²) >= 11 is 0. The Morgan fingerprint density at radius 3 is 2.57 bits per heavy atom. The van der Waals surface area contributed by atoms with E-state index in [2.05, 4.69) is 27.9 Å². The first-order chi connectivity index (χ1) is 11.0. The van der Waals surface area contributed by atoms with Crippen LogP contribution >= 0.6 is 0 Å². The second-order valence-corrected chi connectivity index (χ2v) is 4.90. The predicted molar refractivity (Wildman–Crippen MR) is 91.1 cm³/mol. The average molecular weight is 313 g/mol. The quantitative estimate of drug-likeness (QED) is 0.425. The van der Waals surface area contributed by atoms with E-state index >= 15 is 0 Å². The molecular weight excluding hydrogens is 294 g/mol. The van der Waals surface area contributed by atoms with E-state index in [0.717, 1.165) is 21.9 Å². The van der Waals surface area contributed by atoms with E-state index in [1.165, 1.54) is 0 Å². The number of hydrogen-bond donors (Lipinski definition) is 3. The summed E-state index contributed by atoms with van der Waals surface area (Å²) in [5.41, 5.74) is 13.5. The van der Waals surface area contributed by atoms with Gasteiger partial charge in [0.15, 0.2) is 11.5 Å². The van der Waals surface area contributed by atoms with Crippen LogP contribution in [0.1, 0.15) is 11.1 Å². The van der Waals surface area contributed by atoms with Crippen molar-refractivity contribution < 1.29 is 9.78 Å². The normalized spacial score (nSPS) is 12.3. The van der Waals surface area contributed by atoms with Crippen molar-refractivity contribution in [2.45, 2.75) is 13.5 Å². The number of hydrogen-bond acceptors (Lipinski definition) is 6. The Hall–Kier alpha value is -3.06. The molecule has 0 amide bonds. The first-order valence-electron chi connectivity index (χ1n) is 6.86. The molecule has 0 bridgehead atoms. The van der Waals surface area contributed by atoms with Gasteiger partial charge in [0.2, 0.25) is 0 Å². The number of rotatable bonds is 6. The predicted octanol–water partition coefficient (Wildman–Crippen LogP) is 1.66. The third-order valence-electron chi connectivity index (χ3n) is 3.34. The molecule has 7 heteroatoms. The summed E-state index contributed by atoms with van der Waals surface area (Å²) in [4.78, 5) is 9.50. The van der Waals surface area contributed by atoms with E-state index < -0.39 is 0 Å². The van der Waals surface area contributed by atoms with E-state index in [0.29, 0.717) is 0 Å². The highest BCUT2D eigenvalue weighted by Crippen LogP contribution is 2.22. The Balaban J connectivity index is 2.21. The summed E-state index contributed by atoms with van der Waals surface area (Å²) < 4.78 is 0. The van der Waals surface area contributed by atoms with Crippen molar-refractivity contribution >= 4 is 22.3 Å². The molecule has 0 fully saturated rings. The number of fused-ring (bicyclic) bond motifs is 1. The van der Waals surface area contributed by atoms with Crippen molar-refractivity contribution in [3.8, 4) is 0 Å². The zero-order valence-corrected chi connectivity index (χ0v) is 12.8. The van der Waals surface area contributed by atoms with Crippen LogP contribution < -0.4 is 17.4 Å². The van der Waals surface area contributed by atoms with Gasteiger partial charge < -0.3 is 21.2 Å². The van der Waals surface area contributed by atoms with Crippen LogP contribution in [0.15, 0.2) is 59.0 Å². The van der Waals surface area contributed by atoms with Gasteiger partial charge in [0.1, 0.15) is 6.61 Å². The van der Waals surface area contributed by atoms with Crippen molar-refractivity contribution in [1.29, 1.82) is 0 Å². The van der Waals surface area contributed by atoms with E-state index in [4.69, 9.17) is 22.2 Å². The Morgan fingerprint density at radius 1 is 1.13 bits per heavy atom. The minimum absolute atomic E-state index is 0.0298. The van der Waals surface area contributed by atoms with E-state index in [9.17, 15) is 0 Å². The SMILES string of the molecule is C=C(N)C(=N\ON)/C(N)=N/OCc1c(C)ccc2ccccc12. The molecule has 120 valence electrons. The number of aryl methyl sites for hydroxylation is 1. The van der Waals surface area contributed by atoms with Crippen molar-refractivity contribution in [2.24, 2.45) is 27.7 Å². The molecule has 23 heavy (non-hydrogen) atoms. The Labute approximate surface area is 134 Å². The lowest BCUT2D eigenvalue weighted by atomic mass is 10.0. The summed E-state index contributed by atoms with van der Waals surface area (Å²) in [5.74, 6) is 4.80. The van der Waals surface area contributed by atoms with Crippen LogP contribution in [0.4, 0.5) is 0 Å². The highest BCUT2D eigenvalue weighted by molar-refractivity contribution is 6.46. The first kappa shape index (κ1) is 16.3. The molecule has 0 aromatic heterocycles. The Bertz CT molecular complexity index is 783. The maximum atomic E-state index is 5.74. The van der Waals surface area contributed by atoms with E-state index in [-0.39, 0.29) is 23.9 Å². The molecule has 0 aliphatic carbocycles. The molecule has 0 aliphatic heterocycles.